The van der Waals surface area contributed by atoms with Crippen LogP contribution in [0, 0.1) is 0 Å². The molecule has 0 aliphatic carbocycles. The molecule has 2 aliphatic rings. The fourth-order valence-electron chi connectivity index (χ4n) is 1.96. The second kappa shape index (κ2) is 3.73. The highest BCUT2D eigenvalue weighted by Gasteiger charge is 2.35. The molecule has 0 aromatic rings. The quantitative estimate of drug-likeness (QED) is 0.621. The van der Waals surface area contributed by atoms with E-state index in [0.717, 1.165) is 19.3 Å². The van der Waals surface area contributed by atoms with Crippen LogP contribution in [0.25, 0.3) is 0 Å². The average molecular weight is 201 g/mol. The van der Waals surface area contributed by atoms with Gasteiger partial charge in [-0.1, -0.05) is 0 Å². The van der Waals surface area contributed by atoms with Crippen LogP contribution in [0.2, 0.25) is 0 Å². The van der Waals surface area contributed by atoms with Gasteiger partial charge in [-0.3, -0.25) is 0 Å². The molecule has 2 saturated heterocycles. The summed E-state index contributed by atoms with van der Waals surface area (Å²) in [5.41, 5.74) is 5.82. The van der Waals surface area contributed by atoms with Crippen molar-refractivity contribution in [2.24, 2.45) is 5.73 Å². The minimum atomic E-state index is -0.833. The summed E-state index contributed by atoms with van der Waals surface area (Å²) in [6.07, 6.45) is 1.94. The van der Waals surface area contributed by atoms with Crippen LogP contribution in [0.15, 0.2) is 0 Å². The molecule has 80 valence electrons. The van der Waals surface area contributed by atoms with Crippen LogP contribution >= 0.6 is 0 Å². The molecule has 14 heavy (non-hydrogen) atoms. The van der Waals surface area contributed by atoms with Crippen molar-refractivity contribution in [2.75, 3.05) is 19.6 Å². The summed E-state index contributed by atoms with van der Waals surface area (Å²) in [6.45, 7) is 1.19. The van der Waals surface area contributed by atoms with Crippen LogP contribution in [0.1, 0.15) is 19.3 Å². The first-order valence-electron chi connectivity index (χ1n) is 5.13. The maximum absolute atomic E-state index is 12.5. The lowest BCUT2D eigenvalue weighted by molar-refractivity contribution is 0.0529. The summed E-state index contributed by atoms with van der Waals surface area (Å²) in [4.78, 5) is 14.9. The monoisotopic (exact) mass is 201 g/mol. The van der Waals surface area contributed by atoms with E-state index >= 15 is 0 Å². The largest absolute Gasteiger partial charge is 0.321 e. The van der Waals surface area contributed by atoms with Crippen LogP contribution in [0.4, 0.5) is 9.18 Å². The maximum Gasteiger partial charge on any atom is 0.321 e. The van der Waals surface area contributed by atoms with Crippen molar-refractivity contribution in [1.29, 1.82) is 0 Å². The van der Waals surface area contributed by atoms with Gasteiger partial charge in [0.15, 0.2) is 0 Å². The molecular weight excluding hydrogens is 185 g/mol. The number of likely N-dealkylation sites (tertiary alicyclic amines) is 2. The zero-order chi connectivity index (χ0) is 10.1. The fourth-order valence-corrected chi connectivity index (χ4v) is 1.96. The van der Waals surface area contributed by atoms with E-state index in [9.17, 15) is 9.18 Å². The molecular formula is C9H16FN3O. The Kier molecular flexibility index (Phi) is 2.58. The number of nitrogens with two attached hydrogens (primary N) is 1. The lowest BCUT2D eigenvalue weighted by Gasteiger charge is -2.41. The van der Waals surface area contributed by atoms with Gasteiger partial charge >= 0.3 is 6.03 Å². The van der Waals surface area contributed by atoms with Gasteiger partial charge in [0.25, 0.3) is 0 Å². The van der Waals surface area contributed by atoms with Crippen LogP contribution in [-0.4, -0.2) is 47.8 Å². The van der Waals surface area contributed by atoms with E-state index in [4.69, 9.17) is 5.73 Å². The van der Waals surface area contributed by atoms with Crippen LogP contribution in [0.3, 0.4) is 0 Å². The van der Waals surface area contributed by atoms with Crippen molar-refractivity contribution in [3.05, 3.63) is 0 Å². The topological polar surface area (TPSA) is 49.6 Å². The number of rotatable bonds is 0. The lowest BCUT2D eigenvalue weighted by atomic mass is 10.1. The molecule has 2 aliphatic heterocycles. The SMILES string of the molecule is NC1CCCCN1C(=O)N1CC(F)C1. The highest BCUT2D eigenvalue weighted by molar-refractivity contribution is 5.75. The molecule has 5 heteroatoms. The number of hydrogen-bond acceptors (Lipinski definition) is 2. The smallest absolute Gasteiger partial charge is 0.319 e. The number of hydrogen-bond donors (Lipinski definition) is 1. The Balaban J connectivity index is 1.90. The maximum atomic E-state index is 12.5. The number of halogens is 1. The normalized spacial score (nSPS) is 28.9. The van der Waals surface area contributed by atoms with E-state index in [1.165, 1.54) is 4.90 Å². The Morgan fingerprint density at radius 1 is 1.36 bits per heavy atom. The molecule has 1 atom stereocenters. The van der Waals surface area contributed by atoms with Crippen LogP contribution in [0.5, 0.6) is 0 Å². The first kappa shape index (κ1) is 9.71. The number of urea groups is 1. The van der Waals surface area contributed by atoms with Gasteiger partial charge in [-0.25, -0.2) is 9.18 Å². The van der Waals surface area contributed by atoms with Crippen molar-refractivity contribution in [3.8, 4) is 0 Å². The van der Waals surface area contributed by atoms with Crippen molar-refractivity contribution in [1.82, 2.24) is 9.80 Å². The number of nitrogens with zero attached hydrogens (tertiary/aromatic N) is 2. The first-order chi connectivity index (χ1) is 6.68. The Labute approximate surface area is 82.8 Å². The molecule has 2 fully saturated rings. The van der Waals surface area contributed by atoms with Gasteiger partial charge < -0.3 is 15.5 Å². The summed E-state index contributed by atoms with van der Waals surface area (Å²) in [5.74, 6) is 0. The highest BCUT2D eigenvalue weighted by atomic mass is 19.1. The molecule has 2 amide bonds. The van der Waals surface area contributed by atoms with E-state index < -0.39 is 6.17 Å². The van der Waals surface area contributed by atoms with Crippen molar-refractivity contribution in [3.63, 3.8) is 0 Å². The zero-order valence-corrected chi connectivity index (χ0v) is 8.16. The highest BCUT2D eigenvalue weighted by Crippen LogP contribution is 2.19. The van der Waals surface area contributed by atoms with Gasteiger partial charge in [-0.2, -0.15) is 0 Å². The Bertz CT molecular complexity index is 230. The lowest BCUT2D eigenvalue weighted by Crippen LogP contribution is -2.60. The van der Waals surface area contributed by atoms with Crippen molar-refractivity contribution in [2.45, 2.75) is 31.6 Å². The minimum Gasteiger partial charge on any atom is -0.319 e. The summed E-state index contributed by atoms with van der Waals surface area (Å²) >= 11 is 0. The number of carbonyl (C=O) groups is 1. The third-order valence-corrected chi connectivity index (χ3v) is 2.90. The summed E-state index contributed by atoms with van der Waals surface area (Å²) < 4.78 is 12.5. The average Bonchev–Trinajstić information content (AvgIpc) is 2.13. The minimum absolute atomic E-state index is 0.0916. The molecule has 2 N–H and O–H groups in total. The summed E-state index contributed by atoms with van der Waals surface area (Å²) in [7, 11) is 0. The van der Waals surface area contributed by atoms with E-state index in [1.54, 1.807) is 4.90 Å². The van der Waals surface area contributed by atoms with Crippen LogP contribution in [-0.2, 0) is 0 Å². The second-order valence-corrected chi connectivity index (χ2v) is 4.04. The van der Waals surface area contributed by atoms with Crippen molar-refractivity contribution < 1.29 is 9.18 Å². The molecule has 1 unspecified atom stereocenters. The Hall–Kier alpha value is -0.840. The van der Waals surface area contributed by atoms with Crippen molar-refractivity contribution >= 4 is 6.03 Å². The molecule has 0 aromatic heterocycles. The second-order valence-electron chi connectivity index (χ2n) is 4.04. The molecule has 0 aromatic carbocycles. The van der Waals surface area contributed by atoms with Gasteiger partial charge in [-0.05, 0) is 19.3 Å². The van der Waals surface area contributed by atoms with E-state index in [2.05, 4.69) is 0 Å². The number of carbonyl (C=O) groups excluding carboxylic acids is 1. The van der Waals surface area contributed by atoms with E-state index in [1.807, 2.05) is 0 Å². The number of alkyl halides is 1. The summed E-state index contributed by atoms with van der Waals surface area (Å²) in [5, 5.41) is 0. The predicted molar refractivity (Wildman–Crippen MR) is 50.4 cm³/mol. The van der Waals surface area contributed by atoms with Gasteiger partial charge in [0.2, 0.25) is 0 Å². The molecule has 2 rings (SSSR count). The Morgan fingerprint density at radius 2 is 2.07 bits per heavy atom. The number of amides is 2. The van der Waals surface area contributed by atoms with E-state index in [-0.39, 0.29) is 25.3 Å². The molecule has 2 heterocycles. The molecule has 0 bridgehead atoms. The van der Waals surface area contributed by atoms with Crippen LogP contribution < -0.4 is 5.73 Å². The third kappa shape index (κ3) is 1.68. The Morgan fingerprint density at radius 3 is 2.64 bits per heavy atom. The first-order valence-corrected chi connectivity index (χ1v) is 5.13. The molecule has 0 saturated carbocycles. The fraction of sp³-hybridized carbons (Fsp3) is 0.889. The van der Waals surface area contributed by atoms with Gasteiger partial charge in [0.05, 0.1) is 19.3 Å². The molecule has 0 spiro atoms. The summed E-state index contributed by atoms with van der Waals surface area (Å²) in [6, 6.07) is -0.0916. The number of piperidine rings is 1. The zero-order valence-electron chi connectivity index (χ0n) is 8.16. The molecule has 0 radical (unpaired) electrons. The van der Waals surface area contributed by atoms with Gasteiger partial charge in [0, 0.05) is 6.54 Å². The van der Waals surface area contributed by atoms with Gasteiger partial charge in [-0.15, -0.1) is 0 Å². The predicted octanol–water partition coefficient (Wildman–Crippen LogP) is 0.531. The standard InChI is InChI=1S/C9H16FN3O/c10-7-5-12(6-7)9(14)13-4-2-1-3-8(13)11/h7-8H,1-6,11H2. The molecule has 4 nitrogen and oxygen atoms in total. The van der Waals surface area contributed by atoms with E-state index in [0.29, 0.717) is 6.54 Å². The van der Waals surface area contributed by atoms with Gasteiger partial charge in [0.1, 0.15) is 6.17 Å². The third-order valence-electron chi connectivity index (χ3n) is 2.90.